The van der Waals surface area contributed by atoms with Crippen molar-refractivity contribution in [3.8, 4) is 0 Å². The number of aliphatic hydroxyl groups excluding tert-OH is 1. The second kappa shape index (κ2) is 7.55. The fourth-order valence-electron chi connectivity index (χ4n) is 2.04. The van der Waals surface area contributed by atoms with Gasteiger partial charge < -0.3 is 10.4 Å². The molecule has 0 saturated heterocycles. The Morgan fingerprint density at radius 2 is 1.71 bits per heavy atom. The van der Waals surface area contributed by atoms with Crippen molar-refractivity contribution < 1.29 is 14.3 Å². The maximum absolute atomic E-state index is 12.8. The van der Waals surface area contributed by atoms with Crippen LogP contribution in [0.25, 0.3) is 0 Å². The molecule has 0 aliphatic carbocycles. The van der Waals surface area contributed by atoms with Crippen molar-refractivity contribution in [2.45, 2.75) is 18.9 Å². The van der Waals surface area contributed by atoms with E-state index in [0.29, 0.717) is 6.42 Å². The van der Waals surface area contributed by atoms with Gasteiger partial charge in [-0.15, -0.1) is 0 Å². The van der Waals surface area contributed by atoms with Crippen LogP contribution in [0.1, 0.15) is 11.1 Å². The molecule has 0 aliphatic heterocycles. The third kappa shape index (κ3) is 5.36. The number of hydrogen-bond donors (Lipinski definition) is 2. The Balaban J connectivity index is 1.74. The van der Waals surface area contributed by atoms with Gasteiger partial charge in [0.2, 0.25) is 5.91 Å². The van der Waals surface area contributed by atoms with Gasteiger partial charge in [-0.2, -0.15) is 0 Å². The lowest BCUT2D eigenvalue weighted by Gasteiger charge is -2.12. The monoisotopic (exact) mass is 287 g/mol. The van der Waals surface area contributed by atoms with E-state index in [9.17, 15) is 14.3 Å². The van der Waals surface area contributed by atoms with Crippen LogP contribution >= 0.6 is 0 Å². The molecular formula is C17H18FNO2. The van der Waals surface area contributed by atoms with Gasteiger partial charge in [0.25, 0.3) is 0 Å². The van der Waals surface area contributed by atoms with Crippen molar-refractivity contribution in [2.75, 3.05) is 6.54 Å². The Morgan fingerprint density at radius 3 is 2.38 bits per heavy atom. The van der Waals surface area contributed by atoms with Crippen LogP contribution in [0, 0.1) is 5.82 Å². The first-order valence-corrected chi connectivity index (χ1v) is 6.86. The number of nitrogens with one attached hydrogen (secondary N) is 1. The minimum absolute atomic E-state index is 0.179. The number of carbonyl (C=O) groups excluding carboxylic acids is 1. The Kier molecular flexibility index (Phi) is 5.46. The van der Waals surface area contributed by atoms with E-state index in [1.165, 1.54) is 12.1 Å². The molecule has 4 heteroatoms. The number of rotatable bonds is 6. The van der Waals surface area contributed by atoms with E-state index in [-0.39, 0.29) is 24.7 Å². The lowest BCUT2D eigenvalue weighted by molar-refractivity contribution is -0.120. The zero-order chi connectivity index (χ0) is 15.1. The maximum atomic E-state index is 12.8. The molecule has 1 amide bonds. The van der Waals surface area contributed by atoms with E-state index in [2.05, 4.69) is 5.32 Å². The van der Waals surface area contributed by atoms with Crippen LogP contribution in [0.4, 0.5) is 4.39 Å². The van der Waals surface area contributed by atoms with Crippen LogP contribution in [0.2, 0.25) is 0 Å². The van der Waals surface area contributed by atoms with Crippen molar-refractivity contribution >= 4 is 5.91 Å². The van der Waals surface area contributed by atoms with E-state index in [1.807, 2.05) is 30.3 Å². The molecule has 0 unspecified atom stereocenters. The summed E-state index contributed by atoms with van der Waals surface area (Å²) in [5.41, 5.74) is 1.77. The molecule has 21 heavy (non-hydrogen) atoms. The molecular weight excluding hydrogens is 269 g/mol. The van der Waals surface area contributed by atoms with Gasteiger partial charge in [0.05, 0.1) is 12.5 Å². The molecule has 1 atom stereocenters. The molecule has 2 aromatic rings. The highest BCUT2D eigenvalue weighted by atomic mass is 19.1. The van der Waals surface area contributed by atoms with E-state index >= 15 is 0 Å². The molecule has 0 spiro atoms. The summed E-state index contributed by atoms with van der Waals surface area (Å²) in [6, 6.07) is 15.4. The lowest BCUT2D eigenvalue weighted by atomic mass is 10.1. The van der Waals surface area contributed by atoms with Crippen LogP contribution < -0.4 is 5.32 Å². The molecule has 0 fully saturated rings. The third-order valence-electron chi connectivity index (χ3n) is 3.13. The van der Waals surface area contributed by atoms with Crippen molar-refractivity contribution in [1.82, 2.24) is 5.32 Å². The summed E-state index contributed by atoms with van der Waals surface area (Å²) in [6.45, 7) is 0.203. The highest BCUT2D eigenvalue weighted by molar-refractivity contribution is 5.78. The van der Waals surface area contributed by atoms with Crippen LogP contribution in [0.15, 0.2) is 54.6 Å². The number of aliphatic hydroxyl groups is 1. The topological polar surface area (TPSA) is 49.3 Å². The van der Waals surface area contributed by atoms with Gasteiger partial charge in [-0.05, 0) is 23.3 Å². The summed E-state index contributed by atoms with van der Waals surface area (Å²) in [5.74, 6) is -0.508. The highest BCUT2D eigenvalue weighted by Crippen LogP contribution is 2.04. The smallest absolute Gasteiger partial charge is 0.224 e. The first-order chi connectivity index (χ1) is 10.1. The number of halogens is 1. The third-order valence-corrected chi connectivity index (χ3v) is 3.13. The number of hydrogen-bond acceptors (Lipinski definition) is 2. The van der Waals surface area contributed by atoms with Crippen molar-refractivity contribution in [1.29, 1.82) is 0 Å². The van der Waals surface area contributed by atoms with Gasteiger partial charge >= 0.3 is 0 Å². The summed E-state index contributed by atoms with van der Waals surface area (Å²) in [7, 11) is 0. The predicted molar refractivity (Wildman–Crippen MR) is 79.3 cm³/mol. The van der Waals surface area contributed by atoms with E-state index in [1.54, 1.807) is 12.1 Å². The molecule has 2 rings (SSSR count). The molecule has 110 valence electrons. The molecule has 0 aromatic heterocycles. The van der Waals surface area contributed by atoms with Crippen LogP contribution in [-0.2, 0) is 17.6 Å². The van der Waals surface area contributed by atoms with Crippen LogP contribution in [-0.4, -0.2) is 23.7 Å². The summed E-state index contributed by atoms with van der Waals surface area (Å²) >= 11 is 0. The molecule has 0 bridgehead atoms. The average Bonchev–Trinajstić information content (AvgIpc) is 2.49. The minimum atomic E-state index is -0.621. The van der Waals surface area contributed by atoms with Crippen molar-refractivity contribution in [3.63, 3.8) is 0 Å². The van der Waals surface area contributed by atoms with Crippen LogP contribution in [0.5, 0.6) is 0 Å². The SMILES string of the molecule is O=C(Cc1ccc(F)cc1)NC[C@H](O)Cc1ccccc1. The van der Waals surface area contributed by atoms with Gasteiger partial charge in [0.1, 0.15) is 5.82 Å². The minimum Gasteiger partial charge on any atom is -0.391 e. The van der Waals surface area contributed by atoms with Crippen molar-refractivity contribution in [2.24, 2.45) is 0 Å². The van der Waals surface area contributed by atoms with E-state index in [0.717, 1.165) is 11.1 Å². The first-order valence-electron chi connectivity index (χ1n) is 6.86. The number of benzene rings is 2. The van der Waals surface area contributed by atoms with E-state index < -0.39 is 6.10 Å². The summed E-state index contributed by atoms with van der Waals surface area (Å²) in [5, 5.41) is 12.6. The fraction of sp³-hybridized carbons (Fsp3) is 0.235. The van der Waals surface area contributed by atoms with Gasteiger partial charge in [-0.1, -0.05) is 42.5 Å². The molecule has 2 N–H and O–H groups in total. The molecule has 2 aromatic carbocycles. The lowest BCUT2D eigenvalue weighted by Crippen LogP contribution is -2.34. The zero-order valence-corrected chi connectivity index (χ0v) is 11.6. The second-order valence-electron chi connectivity index (χ2n) is 4.95. The second-order valence-corrected chi connectivity index (χ2v) is 4.95. The molecule has 0 saturated carbocycles. The Labute approximate surface area is 123 Å². The quantitative estimate of drug-likeness (QED) is 0.854. The normalized spacial score (nSPS) is 11.9. The van der Waals surface area contributed by atoms with Crippen molar-refractivity contribution in [3.05, 3.63) is 71.5 Å². The summed E-state index contributed by atoms with van der Waals surface area (Å²) in [4.78, 5) is 11.7. The fourth-order valence-corrected chi connectivity index (χ4v) is 2.04. The number of amides is 1. The molecule has 0 aliphatic rings. The Bertz CT molecular complexity index is 569. The van der Waals surface area contributed by atoms with Crippen LogP contribution in [0.3, 0.4) is 0 Å². The van der Waals surface area contributed by atoms with Gasteiger partial charge in [-0.3, -0.25) is 4.79 Å². The first kappa shape index (κ1) is 15.2. The maximum Gasteiger partial charge on any atom is 0.224 e. The van der Waals surface area contributed by atoms with Gasteiger partial charge in [0.15, 0.2) is 0 Å². The average molecular weight is 287 g/mol. The van der Waals surface area contributed by atoms with Gasteiger partial charge in [-0.25, -0.2) is 4.39 Å². The standard InChI is InChI=1S/C17H18FNO2/c18-15-8-6-14(7-9-15)11-17(21)19-12-16(20)10-13-4-2-1-3-5-13/h1-9,16,20H,10-12H2,(H,19,21)/t16-/m1/s1. The molecule has 0 radical (unpaired) electrons. The highest BCUT2D eigenvalue weighted by Gasteiger charge is 2.08. The Morgan fingerprint density at radius 1 is 1.05 bits per heavy atom. The molecule has 3 nitrogen and oxygen atoms in total. The largest absolute Gasteiger partial charge is 0.391 e. The van der Waals surface area contributed by atoms with E-state index in [4.69, 9.17) is 0 Å². The summed E-state index contributed by atoms with van der Waals surface area (Å²) in [6.07, 6.45) is 0.0558. The zero-order valence-electron chi connectivity index (χ0n) is 11.6. The summed E-state index contributed by atoms with van der Waals surface area (Å²) < 4.78 is 12.8. The predicted octanol–water partition coefficient (Wildman–Crippen LogP) is 2.09. The molecule has 0 heterocycles. The van der Waals surface area contributed by atoms with Gasteiger partial charge in [0, 0.05) is 13.0 Å². The Hall–Kier alpha value is -2.20. The number of carbonyl (C=O) groups is 1.